The molecule has 9 heteroatoms. The quantitative estimate of drug-likeness (QED) is 0.576. The summed E-state index contributed by atoms with van der Waals surface area (Å²) >= 11 is 0. The van der Waals surface area contributed by atoms with Crippen molar-refractivity contribution in [3.63, 3.8) is 0 Å². The maximum atomic E-state index is 12.7. The van der Waals surface area contributed by atoms with E-state index in [9.17, 15) is 24.6 Å². The summed E-state index contributed by atoms with van der Waals surface area (Å²) in [4.78, 5) is 36.6. The van der Waals surface area contributed by atoms with Gasteiger partial charge in [-0.15, -0.1) is 0 Å². The number of carbonyl (C=O) groups excluding carboxylic acids is 1. The lowest BCUT2D eigenvalue weighted by atomic mass is 10.1. The molecule has 2 aromatic carbocycles. The van der Waals surface area contributed by atoms with E-state index in [0.29, 0.717) is 11.3 Å². The van der Waals surface area contributed by atoms with Gasteiger partial charge in [0.05, 0.1) is 7.11 Å². The predicted molar refractivity (Wildman–Crippen MR) is 102 cm³/mol. The highest BCUT2D eigenvalue weighted by molar-refractivity contribution is 5.97. The van der Waals surface area contributed by atoms with Gasteiger partial charge in [0.25, 0.3) is 11.5 Å². The van der Waals surface area contributed by atoms with Crippen molar-refractivity contribution in [3.8, 4) is 17.2 Å². The Bertz CT molecular complexity index is 1110. The van der Waals surface area contributed by atoms with E-state index in [1.165, 1.54) is 7.11 Å². The van der Waals surface area contributed by atoms with Gasteiger partial charge in [-0.2, -0.15) is 9.78 Å². The van der Waals surface area contributed by atoms with E-state index in [1.807, 2.05) is 0 Å². The second kappa shape index (κ2) is 8.26. The van der Waals surface area contributed by atoms with Crippen LogP contribution >= 0.6 is 0 Å². The standard InChI is InChI=1S/C20H17N3O6/c1-29-15-10-6-5-9-13(15)23-16(25)11-14(24)18(22-23)19(26)21-17(20(27)28)12-7-3-2-4-8-12/h2-11,17,24H,1H3,(H,21,26)(H,27,28). The Balaban J connectivity index is 2.01. The normalized spacial score (nSPS) is 11.5. The fraction of sp³-hybridized carbons (Fsp3) is 0.100. The fourth-order valence-electron chi connectivity index (χ4n) is 2.72. The van der Waals surface area contributed by atoms with Crippen LogP contribution in [0.5, 0.6) is 11.5 Å². The van der Waals surface area contributed by atoms with E-state index >= 15 is 0 Å². The van der Waals surface area contributed by atoms with Gasteiger partial charge in [-0.05, 0) is 17.7 Å². The van der Waals surface area contributed by atoms with Crippen molar-refractivity contribution < 1.29 is 24.5 Å². The van der Waals surface area contributed by atoms with Crippen molar-refractivity contribution in [1.29, 1.82) is 0 Å². The van der Waals surface area contributed by atoms with Crippen molar-refractivity contribution in [2.24, 2.45) is 0 Å². The van der Waals surface area contributed by atoms with Gasteiger partial charge in [0.2, 0.25) is 0 Å². The number of benzene rings is 2. The summed E-state index contributed by atoms with van der Waals surface area (Å²) in [5.41, 5.74) is -0.600. The summed E-state index contributed by atoms with van der Waals surface area (Å²) < 4.78 is 6.09. The van der Waals surface area contributed by atoms with Gasteiger partial charge >= 0.3 is 5.97 Å². The van der Waals surface area contributed by atoms with Crippen molar-refractivity contribution >= 4 is 11.9 Å². The second-order valence-electron chi connectivity index (χ2n) is 5.96. The molecular formula is C20H17N3O6. The van der Waals surface area contributed by atoms with Crippen molar-refractivity contribution in [1.82, 2.24) is 15.1 Å². The number of rotatable bonds is 6. The molecule has 0 bridgehead atoms. The number of nitrogens with zero attached hydrogens (tertiary/aromatic N) is 2. The summed E-state index contributed by atoms with van der Waals surface area (Å²) in [6, 6.07) is 14.0. The van der Waals surface area contributed by atoms with Crippen LogP contribution in [0, 0.1) is 0 Å². The van der Waals surface area contributed by atoms with Gasteiger partial charge < -0.3 is 20.3 Å². The number of hydrogen-bond acceptors (Lipinski definition) is 6. The average Bonchev–Trinajstić information content (AvgIpc) is 2.72. The molecule has 3 N–H and O–H groups in total. The van der Waals surface area contributed by atoms with Crippen LogP contribution in [-0.4, -0.2) is 39.0 Å². The molecule has 0 saturated heterocycles. The Morgan fingerprint density at radius 2 is 1.76 bits per heavy atom. The minimum atomic E-state index is -1.36. The number of nitrogens with one attached hydrogen (secondary N) is 1. The number of para-hydroxylation sites is 2. The second-order valence-corrected chi connectivity index (χ2v) is 5.96. The topological polar surface area (TPSA) is 131 Å². The van der Waals surface area contributed by atoms with Crippen LogP contribution in [0.15, 0.2) is 65.5 Å². The van der Waals surface area contributed by atoms with Crippen LogP contribution in [0.1, 0.15) is 22.1 Å². The number of aromatic nitrogens is 2. The molecule has 0 aliphatic rings. The van der Waals surface area contributed by atoms with E-state index in [-0.39, 0.29) is 5.69 Å². The highest BCUT2D eigenvalue weighted by Gasteiger charge is 2.26. The zero-order chi connectivity index (χ0) is 21.0. The van der Waals surface area contributed by atoms with Gasteiger partial charge in [-0.25, -0.2) is 4.79 Å². The molecule has 148 valence electrons. The Morgan fingerprint density at radius 1 is 1.10 bits per heavy atom. The Kier molecular flexibility index (Phi) is 5.59. The molecule has 29 heavy (non-hydrogen) atoms. The van der Waals surface area contributed by atoms with E-state index < -0.39 is 34.9 Å². The van der Waals surface area contributed by atoms with Gasteiger partial charge in [0.15, 0.2) is 17.5 Å². The highest BCUT2D eigenvalue weighted by atomic mass is 16.5. The molecule has 3 aromatic rings. The van der Waals surface area contributed by atoms with Crippen LogP contribution in [0.4, 0.5) is 0 Å². The van der Waals surface area contributed by atoms with Crippen molar-refractivity contribution in [2.75, 3.05) is 7.11 Å². The Labute approximate surface area is 164 Å². The van der Waals surface area contributed by atoms with E-state index in [4.69, 9.17) is 4.74 Å². The molecule has 0 aliphatic heterocycles. The number of carbonyl (C=O) groups is 2. The number of aromatic hydroxyl groups is 1. The van der Waals surface area contributed by atoms with Gasteiger partial charge in [0, 0.05) is 6.07 Å². The van der Waals surface area contributed by atoms with Crippen LogP contribution in [0.2, 0.25) is 0 Å². The smallest absolute Gasteiger partial charge is 0.330 e. The molecule has 1 atom stereocenters. The molecule has 1 aromatic heterocycles. The lowest BCUT2D eigenvalue weighted by Crippen LogP contribution is -2.35. The minimum absolute atomic E-state index is 0.256. The molecule has 0 saturated carbocycles. The van der Waals surface area contributed by atoms with Crippen LogP contribution in [0.3, 0.4) is 0 Å². The third kappa shape index (κ3) is 4.08. The first-order chi connectivity index (χ1) is 13.9. The molecule has 1 amide bonds. The van der Waals surface area contributed by atoms with Crippen LogP contribution < -0.4 is 15.6 Å². The summed E-state index contributed by atoms with van der Waals surface area (Å²) in [5.74, 6) is -2.59. The van der Waals surface area contributed by atoms with E-state index in [0.717, 1.165) is 10.7 Å². The molecule has 0 radical (unpaired) electrons. The maximum Gasteiger partial charge on any atom is 0.330 e. The third-order valence-electron chi connectivity index (χ3n) is 4.10. The molecule has 0 fully saturated rings. The molecule has 0 aliphatic carbocycles. The Hall–Kier alpha value is -4.14. The SMILES string of the molecule is COc1ccccc1-n1nc(C(=O)NC(C(=O)O)c2ccccc2)c(O)cc1=O. The van der Waals surface area contributed by atoms with Crippen LogP contribution in [0.25, 0.3) is 5.69 Å². The zero-order valence-corrected chi connectivity index (χ0v) is 15.3. The molecule has 9 nitrogen and oxygen atoms in total. The largest absolute Gasteiger partial charge is 0.505 e. The van der Waals surface area contributed by atoms with E-state index in [2.05, 4.69) is 10.4 Å². The molecule has 0 spiro atoms. The number of amides is 1. The molecule has 1 heterocycles. The average molecular weight is 395 g/mol. The number of ether oxygens (including phenoxy) is 1. The monoisotopic (exact) mass is 395 g/mol. The predicted octanol–water partition coefficient (Wildman–Crippen LogP) is 1.50. The number of methoxy groups -OCH3 is 1. The lowest BCUT2D eigenvalue weighted by molar-refractivity contribution is -0.139. The first-order valence-electron chi connectivity index (χ1n) is 8.47. The van der Waals surface area contributed by atoms with Gasteiger partial charge in [-0.1, -0.05) is 42.5 Å². The minimum Gasteiger partial charge on any atom is -0.505 e. The number of carboxylic acid groups (broad SMARTS) is 1. The molecule has 3 rings (SSSR count). The molecular weight excluding hydrogens is 378 g/mol. The number of hydrogen-bond donors (Lipinski definition) is 3. The highest BCUT2D eigenvalue weighted by Crippen LogP contribution is 2.22. The Morgan fingerprint density at radius 3 is 2.41 bits per heavy atom. The van der Waals surface area contributed by atoms with E-state index in [1.54, 1.807) is 54.6 Å². The van der Waals surface area contributed by atoms with Crippen LogP contribution in [-0.2, 0) is 4.79 Å². The zero-order valence-electron chi connectivity index (χ0n) is 15.3. The summed E-state index contributed by atoms with van der Waals surface area (Å²) in [6.07, 6.45) is 0. The molecule has 1 unspecified atom stereocenters. The fourth-order valence-corrected chi connectivity index (χ4v) is 2.72. The summed E-state index contributed by atoms with van der Waals surface area (Å²) in [7, 11) is 1.41. The van der Waals surface area contributed by atoms with Crippen molar-refractivity contribution in [2.45, 2.75) is 6.04 Å². The van der Waals surface area contributed by atoms with Crippen molar-refractivity contribution in [3.05, 3.63) is 82.3 Å². The van der Waals surface area contributed by atoms with Gasteiger partial charge in [0.1, 0.15) is 11.4 Å². The number of aliphatic carboxylic acids is 1. The maximum absolute atomic E-state index is 12.7. The third-order valence-corrected chi connectivity index (χ3v) is 4.10. The summed E-state index contributed by atoms with van der Waals surface area (Å²) in [6.45, 7) is 0. The first kappa shape index (κ1) is 19.6. The lowest BCUT2D eigenvalue weighted by Gasteiger charge is -2.16. The van der Waals surface area contributed by atoms with Gasteiger partial charge in [-0.3, -0.25) is 9.59 Å². The first-order valence-corrected chi connectivity index (χ1v) is 8.47. The number of carboxylic acids is 1. The summed E-state index contributed by atoms with van der Waals surface area (Å²) in [5, 5.41) is 25.8.